The molecule has 0 bridgehead atoms. The van der Waals surface area contributed by atoms with E-state index in [4.69, 9.17) is 10.5 Å². The quantitative estimate of drug-likeness (QED) is 0.889. The predicted molar refractivity (Wildman–Crippen MR) is 70.4 cm³/mol. The molecule has 1 heterocycles. The first-order chi connectivity index (χ1) is 9.04. The summed E-state index contributed by atoms with van der Waals surface area (Å²) in [4.78, 5) is 3.96. The summed E-state index contributed by atoms with van der Waals surface area (Å²) in [5.74, 6) is -0.137. The molecule has 1 unspecified atom stereocenters. The number of aliphatic hydroxyl groups is 1. The normalized spacial score (nSPS) is 12.2. The van der Waals surface area contributed by atoms with Crippen LogP contribution < -0.4 is 10.5 Å². The van der Waals surface area contributed by atoms with Gasteiger partial charge in [0, 0.05) is 11.8 Å². The fourth-order valence-electron chi connectivity index (χ4n) is 1.96. The van der Waals surface area contributed by atoms with Crippen LogP contribution in [0.2, 0.25) is 0 Å². The molecule has 0 saturated heterocycles. The number of nitrogen functional groups attached to an aromatic ring is 1. The van der Waals surface area contributed by atoms with Crippen molar-refractivity contribution in [2.24, 2.45) is 0 Å². The zero-order chi connectivity index (χ0) is 14.0. The number of anilines is 1. The number of aliphatic hydroxyl groups excluding tert-OH is 1. The average molecular weight is 262 g/mol. The minimum atomic E-state index is -0.969. The number of aromatic nitrogens is 1. The second kappa shape index (κ2) is 5.24. The van der Waals surface area contributed by atoms with Crippen LogP contribution in [0.15, 0.2) is 30.5 Å². The maximum Gasteiger partial charge on any atom is 0.165 e. The van der Waals surface area contributed by atoms with Gasteiger partial charge in [-0.3, -0.25) is 0 Å². The second-order valence-electron chi connectivity index (χ2n) is 4.22. The maximum absolute atomic E-state index is 13.4. The van der Waals surface area contributed by atoms with Crippen molar-refractivity contribution in [3.05, 3.63) is 53.0 Å². The number of hydrogen-bond donors (Lipinski definition) is 2. The smallest absolute Gasteiger partial charge is 0.165 e. The van der Waals surface area contributed by atoms with Crippen molar-refractivity contribution < 1.29 is 14.2 Å². The van der Waals surface area contributed by atoms with E-state index in [2.05, 4.69) is 4.98 Å². The van der Waals surface area contributed by atoms with E-state index >= 15 is 0 Å². The van der Waals surface area contributed by atoms with Gasteiger partial charge in [0.2, 0.25) is 0 Å². The number of nitrogens with zero attached hydrogens (tertiary/aromatic N) is 1. The summed E-state index contributed by atoms with van der Waals surface area (Å²) < 4.78 is 18.2. The Kier molecular flexibility index (Phi) is 3.66. The van der Waals surface area contributed by atoms with E-state index in [-0.39, 0.29) is 11.6 Å². The fraction of sp³-hybridized carbons (Fsp3) is 0.214. The molecule has 0 spiro atoms. The molecule has 0 fully saturated rings. The highest BCUT2D eigenvalue weighted by Gasteiger charge is 2.18. The molecule has 4 nitrogen and oxygen atoms in total. The van der Waals surface area contributed by atoms with Crippen molar-refractivity contribution in [1.29, 1.82) is 0 Å². The maximum atomic E-state index is 13.4. The van der Waals surface area contributed by atoms with Crippen molar-refractivity contribution in [3.8, 4) is 5.75 Å². The van der Waals surface area contributed by atoms with Gasteiger partial charge in [-0.15, -0.1) is 0 Å². The number of pyridine rings is 1. The Labute approximate surface area is 110 Å². The number of rotatable bonds is 3. The number of benzene rings is 1. The zero-order valence-corrected chi connectivity index (χ0v) is 10.7. The highest BCUT2D eigenvalue weighted by atomic mass is 19.1. The Morgan fingerprint density at radius 3 is 2.74 bits per heavy atom. The minimum Gasteiger partial charge on any atom is -0.494 e. The van der Waals surface area contributed by atoms with Crippen LogP contribution >= 0.6 is 0 Å². The van der Waals surface area contributed by atoms with Gasteiger partial charge in [-0.05, 0) is 36.2 Å². The van der Waals surface area contributed by atoms with E-state index in [0.29, 0.717) is 11.1 Å². The van der Waals surface area contributed by atoms with Crippen molar-refractivity contribution in [2.45, 2.75) is 13.0 Å². The summed E-state index contributed by atoms with van der Waals surface area (Å²) in [6.45, 7) is 1.83. The minimum absolute atomic E-state index is 0.0802. The summed E-state index contributed by atoms with van der Waals surface area (Å²) in [5.41, 5.74) is 7.63. The molecule has 100 valence electrons. The van der Waals surface area contributed by atoms with Gasteiger partial charge in [0.25, 0.3) is 0 Å². The molecular weight excluding hydrogens is 247 g/mol. The molecule has 2 aromatic rings. The SMILES string of the molecule is COc1cc(C(O)c2c(C)ccnc2N)ccc1F. The third-order valence-corrected chi connectivity index (χ3v) is 3.00. The molecule has 5 heteroatoms. The van der Waals surface area contributed by atoms with Gasteiger partial charge >= 0.3 is 0 Å². The van der Waals surface area contributed by atoms with Crippen molar-refractivity contribution in [1.82, 2.24) is 4.98 Å². The summed E-state index contributed by atoms with van der Waals surface area (Å²) in [6, 6.07) is 5.95. The number of hydrogen-bond acceptors (Lipinski definition) is 4. The van der Waals surface area contributed by atoms with Crippen LogP contribution in [0.5, 0.6) is 5.75 Å². The first-order valence-corrected chi connectivity index (χ1v) is 5.77. The van der Waals surface area contributed by atoms with Crippen molar-refractivity contribution >= 4 is 5.82 Å². The van der Waals surface area contributed by atoms with Crippen molar-refractivity contribution in [2.75, 3.05) is 12.8 Å². The molecule has 0 radical (unpaired) electrons. The van der Waals surface area contributed by atoms with Gasteiger partial charge in [0.05, 0.1) is 7.11 Å². The summed E-state index contributed by atoms with van der Waals surface area (Å²) in [6.07, 6.45) is 0.606. The summed E-state index contributed by atoms with van der Waals surface area (Å²) in [5, 5.41) is 10.4. The van der Waals surface area contributed by atoms with Gasteiger partial charge in [-0.2, -0.15) is 0 Å². The molecule has 2 rings (SSSR count). The van der Waals surface area contributed by atoms with Gasteiger partial charge in [0.1, 0.15) is 11.9 Å². The lowest BCUT2D eigenvalue weighted by atomic mass is 9.98. The standard InChI is InChI=1S/C14H15FN2O2/c1-8-5-6-17-14(16)12(8)13(18)9-3-4-10(15)11(7-9)19-2/h3-7,13,18H,1-2H3,(H2,16,17). The van der Waals surface area contributed by atoms with Crippen LogP contribution in [0, 0.1) is 12.7 Å². The first-order valence-electron chi connectivity index (χ1n) is 5.77. The third-order valence-electron chi connectivity index (χ3n) is 3.00. The van der Waals surface area contributed by atoms with Gasteiger partial charge < -0.3 is 15.6 Å². The summed E-state index contributed by atoms with van der Waals surface area (Å²) >= 11 is 0. The lowest BCUT2D eigenvalue weighted by molar-refractivity contribution is 0.219. The number of nitrogens with two attached hydrogens (primary N) is 1. The molecular formula is C14H15FN2O2. The van der Waals surface area contributed by atoms with Crippen LogP contribution in [0.4, 0.5) is 10.2 Å². The largest absolute Gasteiger partial charge is 0.494 e. The number of ether oxygens (including phenoxy) is 1. The molecule has 0 amide bonds. The molecule has 1 aromatic carbocycles. The molecule has 0 aliphatic carbocycles. The average Bonchev–Trinajstić information content (AvgIpc) is 2.39. The number of halogens is 1. The molecule has 0 aliphatic heterocycles. The van der Waals surface area contributed by atoms with Crippen molar-refractivity contribution in [3.63, 3.8) is 0 Å². The van der Waals surface area contributed by atoms with Crippen LogP contribution in [-0.2, 0) is 0 Å². The van der Waals surface area contributed by atoms with Crippen LogP contribution in [0.3, 0.4) is 0 Å². The lowest BCUT2D eigenvalue weighted by Gasteiger charge is -2.16. The molecule has 0 aliphatic rings. The van der Waals surface area contributed by atoms with E-state index in [1.165, 1.54) is 25.3 Å². The Morgan fingerprint density at radius 2 is 2.11 bits per heavy atom. The Balaban J connectivity index is 2.47. The zero-order valence-electron chi connectivity index (χ0n) is 10.7. The highest BCUT2D eigenvalue weighted by Crippen LogP contribution is 2.30. The van der Waals surface area contributed by atoms with E-state index in [9.17, 15) is 9.50 Å². The van der Waals surface area contributed by atoms with Gasteiger partial charge in [0.15, 0.2) is 11.6 Å². The Morgan fingerprint density at radius 1 is 1.37 bits per heavy atom. The molecule has 1 atom stereocenters. The Bertz CT molecular complexity index is 582. The topological polar surface area (TPSA) is 68.4 Å². The third kappa shape index (κ3) is 2.51. The fourth-order valence-corrected chi connectivity index (χ4v) is 1.96. The molecule has 19 heavy (non-hydrogen) atoms. The Hall–Kier alpha value is -2.14. The number of aryl methyl sites for hydroxylation is 1. The predicted octanol–water partition coefficient (Wildman–Crippen LogP) is 2.20. The van der Waals surface area contributed by atoms with E-state index in [1.807, 2.05) is 6.92 Å². The number of methoxy groups -OCH3 is 1. The lowest BCUT2D eigenvalue weighted by Crippen LogP contribution is -2.08. The molecule has 3 N–H and O–H groups in total. The van der Waals surface area contributed by atoms with Gasteiger partial charge in [-0.1, -0.05) is 6.07 Å². The van der Waals surface area contributed by atoms with Crippen LogP contribution in [0.1, 0.15) is 22.8 Å². The van der Waals surface area contributed by atoms with E-state index < -0.39 is 11.9 Å². The van der Waals surface area contributed by atoms with E-state index in [0.717, 1.165) is 5.56 Å². The monoisotopic (exact) mass is 262 g/mol. The van der Waals surface area contributed by atoms with E-state index in [1.54, 1.807) is 12.3 Å². The molecule has 0 saturated carbocycles. The highest BCUT2D eigenvalue weighted by molar-refractivity contribution is 5.49. The summed E-state index contributed by atoms with van der Waals surface area (Å²) in [7, 11) is 1.37. The molecule has 1 aromatic heterocycles. The second-order valence-corrected chi connectivity index (χ2v) is 4.22. The first kappa shape index (κ1) is 13.3. The van der Waals surface area contributed by atoms with Crippen LogP contribution in [-0.4, -0.2) is 17.2 Å². The van der Waals surface area contributed by atoms with Crippen LogP contribution in [0.25, 0.3) is 0 Å². The van der Waals surface area contributed by atoms with Gasteiger partial charge in [-0.25, -0.2) is 9.37 Å².